The molecule has 0 unspecified atom stereocenters. The molecule has 3 N–H and O–H groups in total. The first-order chi connectivity index (χ1) is 14.5. The van der Waals surface area contributed by atoms with Crippen LogP contribution in [0.5, 0.6) is 0 Å². The van der Waals surface area contributed by atoms with Crippen molar-refractivity contribution >= 4 is 33.4 Å². The molecule has 0 aliphatic heterocycles. The van der Waals surface area contributed by atoms with Crippen LogP contribution >= 0.6 is 11.3 Å². The summed E-state index contributed by atoms with van der Waals surface area (Å²) < 4.78 is 34.0. The van der Waals surface area contributed by atoms with Gasteiger partial charge in [-0.05, 0) is 24.1 Å². The molecule has 1 aliphatic rings. The summed E-state index contributed by atoms with van der Waals surface area (Å²) in [7, 11) is 0.145. The van der Waals surface area contributed by atoms with E-state index in [9.17, 15) is 8.42 Å². The minimum atomic E-state index is -3.57. The molecule has 1 aliphatic carbocycles. The molecule has 11 heteroatoms. The highest BCUT2D eigenvalue weighted by Gasteiger charge is 2.53. The molecular weight excluding hydrogens is 442 g/mol. The highest BCUT2D eigenvalue weighted by molar-refractivity contribution is 7.91. The minimum absolute atomic E-state index is 0.0946. The minimum Gasteiger partial charge on any atom is -0.450 e. The second-order valence-corrected chi connectivity index (χ2v) is 10.5. The number of carboxylic acid groups (broad SMARTS) is 2. The third-order valence-electron chi connectivity index (χ3n) is 5.00. The standard InChI is InChI=1S/C19H21N3O3S2.CH2O3/c1-19(13-7-5-4-6-8-13)12-16(19)21-27(23,24)18-10-9-15(26-18)14-11-17(22(2)3)25-20-14;2-1(3)4/h4-11,16,21H,12H2,1-3H3;(H2,2,3,4)/t16-,19+;/m0./s1. The first kappa shape index (κ1) is 22.8. The molecule has 9 nitrogen and oxygen atoms in total. The summed E-state index contributed by atoms with van der Waals surface area (Å²) in [6.45, 7) is 2.09. The van der Waals surface area contributed by atoms with Crippen LogP contribution in [-0.4, -0.2) is 50.1 Å². The Labute approximate surface area is 184 Å². The summed E-state index contributed by atoms with van der Waals surface area (Å²) in [4.78, 5) is 11.1. The van der Waals surface area contributed by atoms with Crippen molar-refractivity contribution < 1.29 is 27.9 Å². The van der Waals surface area contributed by atoms with E-state index in [2.05, 4.69) is 16.8 Å². The monoisotopic (exact) mass is 465 g/mol. The van der Waals surface area contributed by atoms with Gasteiger partial charge in [0.15, 0.2) is 0 Å². The van der Waals surface area contributed by atoms with Gasteiger partial charge in [-0.2, -0.15) is 0 Å². The smallest absolute Gasteiger partial charge is 0.450 e. The number of carbonyl (C=O) groups is 1. The lowest BCUT2D eigenvalue weighted by atomic mass is 9.98. The van der Waals surface area contributed by atoms with Crippen LogP contribution in [0, 0.1) is 0 Å². The quantitative estimate of drug-likeness (QED) is 0.502. The van der Waals surface area contributed by atoms with E-state index in [-0.39, 0.29) is 15.7 Å². The van der Waals surface area contributed by atoms with Crippen molar-refractivity contribution in [3.63, 3.8) is 0 Å². The van der Waals surface area contributed by atoms with E-state index in [1.165, 1.54) is 11.3 Å². The average Bonchev–Trinajstić information content (AvgIpc) is 3.14. The lowest BCUT2D eigenvalue weighted by molar-refractivity contribution is 0.137. The van der Waals surface area contributed by atoms with Gasteiger partial charge in [0.1, 0.15) is 9.90 Å². The van der Waals surface area contributed by atoms with Gasteiger partial charge in [-0.3, -0.25) is 0 Å². The largest absolute Gasteiger partial charge is 0.503 e. The molecule has 1 aromatic carbocycles. The van der Waals surface area contributed by atoms with E-state index in [0.717, 1.165) is 16.9 Å². The lowest BCUT2D eigenvalue weighted by Gasteiger charge is -2.12. The molecule has 31 heavy (non-hydrogen) atoms. The number of nitrogens with one attached hydrogen (secondary N) is 1. The topological polar surface area (TPSA) is 133 Å². The molecule has 0 spiro atoms. The summed E-state index contributed by atoms with van der Waals surface area (Å²) in [5.74, 6) is 0.623. The highest BCUT2D eigenvalue weighted by Crippen LogP contribution is 2.48. The van der Waals surface area contributed by atoms with Crippen molar-refractivity contribution in [2.45, 2.75) is 29.0 Å². The van der Waals surface area contributed by atoms with E-state index in [1.54, 1.807) is 23.1 Å². The van der Waals surface area contributed by atoms with Crippen molar-refractivity contribution in [3.8, 4) is 10.6 Å². The van der Waals surface area contributed by atoms with Crippen molar-refractivity contribution in [2.24, 2.45) is 0 Å². The fourth-order valence-electron chi connectivity index (χ4n) is 3.11. The second-order valence-electron chi connectivity index (χ2n) is 7.51. The summed E-state index contributed by atoms with van der Waals surface area (Å²) in [6, 6.07) is 15.1. The number of rotatable bonds is 6. The van der Waals surface area contributed by atoms with E-state index in [4.69, 9.17) is 19.5 Å². The molecule has 0 saturated heterocycles. The predicted molar refractivity (Wildman–Crippen MR) is 117 cm³/mol. The average molecular weight is 466 g/mol. The Morgan fingerprint density at radius 2 is 1.87 bits per heavy atom. The SMILES string of the molecule is CN(C)c1cc(-c2ccc(S(=O)(=O)N[C@H]3C[C@]3(C)c3ccccc3)s2)no1.O=C(O)O. The number of hydrogen-bond acceptors (Lipinski definition) is 7. The Morgan fingerprint density at radius 1 is 1.23 bits per heavy atom. The van der Waals surface area contributed by atoms with Crippen LogP contribution in [0.1, 0.15) is 18.9 Å². The molecule has 2 aromatic heterocycles. The number of nitrogens with zero attached hydrogens (tertiary/aromatic N) is 2. The zero-order valence-corrected chi connectivity index (χ0v) is 18.8. The van der Waals surface area contributed by atoms with Crippen LogP contribution in [0.15, 0.2) is 57.3 Å². The highest BCUT2D eigenvalue weighted by atomic mass is 32.2. The van der Waals surface area contributed by atoms with E-state index >= 15 is 0 Å². The summed E-state index contributed by atoms with van der Waals surface area (Å²) in [5.41, 5.74) is 1.63. The van der Waals surface area contributed by atoms with Crippen LogP contribution in [-0.2, 0) is 15.4 Å². The van der Waals surface area contributed by atoms with Crippen LogP contribution in [0.25, 0.3) is 10.6 Å². The molecule has 1 fully saturated rings. The maximum Gasteiger partial charge on any atom is 0.503 e. The normalized spacial score (nSPS) is 19.9. The maximum absolute atomic E-state index is 12.8. The Morgan fingerprint density at radius 3 is 2.45 bits per heavy atom. The Balaban J connectivity index is 0.000000628. The lowest BCUT2D eigenvalue weighted by Crippen LogP contribution is -2.29. The van der Waals surface area contributed by atoms with Crippen molar-refractivity contribution in [1.29, 1.82) is 0 Å². The fraction of sp³-hybridized carbons (Fsp3) is 0.300. The van der Waals surface area contributed by atoms with Gasteiger partial charge in [0, 0.05) is 31.6 Å². The van der Waals surface area contributed by atoms with Gasteiger partial charge in [0.2, 0.25) is 15.9 Å². The number of sulfonamides is 1. The third kappa shape index (κ3) is 5.24. The maximum atomic E-state index is 12.8. The van der Waals surface area contributed by atoms with Gasteiger partial charge in [-0.15, -0.1) is 11.3 Å². The summed E-state index contributed by atoms with van der Waals surface area (Å²) >= 11 is 1.19. The molecule has 2 heterocycles. The van der Waals surface area contributed by atoms with Crippen LogP contribution < -0.4 is 9.62 Å². The van der Waals surface area contributed by atoms with E-state index < -0.39 is 16.2 Å². The van der Waals surface area contributed by atoms with E-state index in [0.29, 0.717) is 11.6 Å². The zero-order chi connectivity index (χ0) is 22.8. The van der Waals surface area contributed by atoms with Crippen molar-refractivity contribution in [2.75, 3.05) is 19.0 Å². The molecular formula is C20H23N3O6S2. The molecule has 0 amide bonds. The van der Waals surface area contributed by atoms with E-state index in [1.807, 2.05) is 44.4 Å². The van der Waals surface area contributed by atoms with Crippen molar-refractivity contribution in [1.82, 2.24) is 9.88 Å². The Hall–Kier alpha value is -2.89. The number of benzene rings is 1. The number of aromatic nitrogens is 1. The fourth-order valence-corrected chi connectivity index (χ4v) is 5.74. The molecule has 0 radical (unpaired) electrons. The molecule has 2 atom stereocenters. The van der Waals surface area contributed by atoms with Gasteiger partial charge < -0.3 is 19.6 Å². The number of thiophene rings is 1. The second kappa shape index (κ2) is 8.69. The van der Waals surface area contributed by atoms with Crippen LogP contribution in [0.4, 0.5) is 10.7 Å². The first-order valence-corrected chi connectivity index (χ1v) is 11.6. The van der Waals surface area contributed by atoms with Gasteiger partial charge in [0.05, 0.1) is 4.88 Å². The first-order valence-electron chi connectivity index (χ1n) is 9.27. The number of hydrogen-bond donors (Lipinski definition) is 3. The molecule has 1 saturated carbocycles. The Kier molecular flexibility index (Phi) is 6.39. The zero-order valence-electron chi connectivity index (χ0n) is 17.1. The van der Waals surface area contributed by atoms with Crippen LogP contribution in [0.2, 0.25) is 0 Å². The van der Waals surface area contributed by atoms with Gasteiger partial charge in [-0.25, -0.2) is 17.9 Å². The van der Waals surface area contributed by atoms with Gasteiger partial charge in [0.25, 0.3) is 0 Å². The number of anilines is 1. The van der Waals surface area contributed by atoms with Gasteiger partial charge >= 0.3 is 6.16 Å². The molecule has 166 valence electrons. The van der Waals surface area contributed by atoms with Gasteiger partial charge in [-0.1, -0.05) is 42.4 Å². The van der Waals surface area contributed by atoms with Crippen LogP contribution in [0.3, 0.4) is 0 Å². The third-order valence-corrected chi connectivity index (χ3v) is 8.08. The molecule has 4 rings (SSSR count). The predicted octanol–water partition coefficient (Wildman–Crippen LogP) is 3.70. The molecule has 3 aromatic rings. The summed E-state index contributed by atoms with van der Waals surface area (Å²) in [5, 5.41) is 18.0. The Bertz CT molecular complexity index is 1150. The van der Waals surface area contributed by atoms with Crippen molar-refractivity contribution in [3.05, 3.63) is 54.1 Å². The molecule has 0 bridgehead atoms. The summed E-state index contributed by atoms with van der Waals surface area (Å²) in [6.07, 6.45) is -1.04.